The highest BCUT2D eigenvalue weighted by Gasteiger charge is 2.46. The number of rotatable bonds is 6. The Labute approximate surface area is 325 Å². The van der Waals surface area contributed by atoms with Crippen LogP contribution in [0, 0.1) is 0 Å². The van der Waals surface area contributed by atoms with Crippen molar-refractivity contribution in [3.63, 3.8) is 0 Å². The molecule has 1 aliphatic carbocycles. The van der Waals surface area contributed by atoms with Gasteiger partial charge in [-0.15, -0.1) is 0 Å². The average Bonchev–Trinajstić information content (AvgIpc) is 3.81. The number of aromatic nitrogens is 2. The van der Waals surface area contributed by atoms with Crippen molar-refractivity contribution in [3.05, 3.63) is 229 Å². The molecule has 0 aliphatic heterocycles. The minimum atomic E-state index is -0.545. The average molecular weight is 715 g/mol. The lowest BCUT2D eigenvalue weighted by atomic mass is 9.67. The van der Waals surface area contributed by atoms with Crippen molar-refractivity contribution in [1.29, 1.82) is 0 Å². The predicted molar refractivity (Wildman–Crippen MR) is 228 cm³/mol. The first-order chi connectivity index (χ1) is 27.8. The van der Waals surface area contributed by atoms with E-state index in [0.717, 1.165) is 61.1 Å². The van der Waals surface area contributed by atoms with Crippen molar-refractivity contribution < 1.29 is 4.42 Å². The summed E-state index contributed by atoms with van der Waals surface area (Å²) < 4.78 is 6.88. The normalized spacial score (nSPS) is 12.8. The quantitative estimate of drug-likeness (QED) is 0.172. The van der Waals surface area contributed by atoms with Gasteiger partial charge in [0.2, 0.25) is 0 Å². The van der Waals surface area contributed by atoms with E-state index in [1.165, 1.54) is 33.4 Å². The van der Waals surface area contributed by atoms with Crippen LogP contribution >= 0.6 is 0 Å². The van der Waals surface area contributed by atoms with Crippen LogP contribution in [0.2, 0.25) is 0 Å². The van der Waals surface area contributed by atoms with E-state index in [9.17, 15) is 0 Å². The van der Waals surface area contributed by atoms with Gasteiger partial charge in [-0.2, -0.15) is 0 Å². The Bertz CT molecular complexity index is 2960. The van der Waals surface area contributed by atoms with Crippen molar-refractivity contribution in [2.24, 2.45) is 0 Å². The minimum absolute atomic E-state index is 0.545. The van der Waals surface area contributed by atoms with E-state index in [2.05, 4.69) is 182 Å². The molecule has 0 unspecified atom stereocenters. The highest BCUT2D eigenvalue weighted by molar-refractivity contribution is 6.12. The van der Waals surface area contributed by atoms with Gasteiger partial charge in [0.1, 0.15) is 11.2 Å². The number of para-hydroxylation sites is 1. The van der Waals surface area contributed by atoms with Crippen molar-refractivity contribution in [2.45, 2.75) is 5.41 Å². The van der Waals surface area contributed by atoms with Crippen molar-refractivity contribution in [3.8, 4) is 56.2 Å². The molecular formula is C53H34N2O. The van der Waals surface area contributed by atoms with Gasteiger partial charge in [0.15, 0.2) is 5.82 Å². The smallest absolute Gasteiger partial charge is 0.161 e. The lowest BCUT2D eigenvalue weighted by molar-refractivity contribution is 0.670. The number of hydrogen-bond acceptors (Lipinski definition) is 3. The fraction of sp³-hybridized carbons (Fsp3) is 0.0189. The summed E-state index contributed by atoms with van der Waals surface area (Å²) in [6, 6.07) is 73.2. The standard InChI is InChI=1S/C53H34N2O/c1-5-17-35(18-6-1)47-34-48(36-19-7-2-8-20-36)55-52(54-47)44-32-31-43-42-26-14-16-28-49(42)56-51(43)50(44)37-29-30-41-40-25-13-15-27-45(40)53(46(41)33-37,38-21-9-3-10-22-38)39-23-11-4-12-24-39/h1-34H. The SMILES string of the molecule is c1ccc(-c2cc(-c3ccccc3)nc(-c3ccc4c(oc5ccccc54)c3-c3ccc4c(c3)C(c3ccccc3)(c3ccccc3)c3ccccc3-4)n2)cc1. The Hall–Kier alpha value is -7.36. The second-order valence-corrected chi connectivity index (χ2v) is 14.4. The largest absolute Gasteiger partial charge is 0.455 e. The number of nitrogens with zero attached hydrogens (tertiary/aromatic N) is 2. The van der Waals surface area contributed by atoms with Gasteiger partial charge in [0.05, 0.1) is 16.8 Å². The fourth-order valence-corrected chi connectivity index (χ4v) is 8.94. The van der Waals surface area contributed by atoms with Gasteiger partial charge in [0.25, 0.3) is 0 Å². The van der Waals surface area contributed by atoms with Crippen molar-refractivity contribution >= 4 is 21.9 Å². The number of fused-ring (bicyclic) bond motifs is 6. The zero-order chi connectivity index (χ0) is 37.1. The number of hydrogen-bond donors (Lipinski definition) is 0. The molecule has 11 rings (SSSR count). The molecule has 0 bridgehead atoms. The molecule has 8 aromatic carbocycles. The Kier molecular flexibility index (Phi) is 7.39. The highest BCUT2D eigenvalue weighted by atomic mass is 16.3. The Balaban J connectivity index is 1.23. The van der Waals surface area contributed by atoms with Gasteiger partial charge in [0, 0.05) is 33.0 Å². The summed E-state index contributed by atoms with van der Waals surface area (Å²) >= 11 is 0. The molecule has 0 fully saturated rings. The third kappa shape index (κ3) is 4.91. The maximum absolute atomic E-state index is 6.88. The summed E-state index contributed by atoms with van der Waals surface area (Å²) in [5.41, 5.74) is 15.3. The molecule has 0 spiro atoms. The lowest BCUT2D eigenvalue weighted by Gasteiger charge is -2.34. The third-order valence-electron chi connectivity index (χ3n) is 11.4. The first kappa shape index (κ1) is 32.1. The molecule has 2 heterocycles. The summed E-state index contributed by atoms with van der Waals surface area (Å²) in [6.07, 6.45) is 0. The van der Waals surface area contributed by atoms with Gasteiger partial charge in [-0.3, -0.25) is 0 Å². The summed E-state index contributed by atoms with van der Waals surface area (Å²) in [7, 11) is 0. The molecule has 1 aliphatic rings. The Morgan fingerprint density at radius 3 is 1.57 bits per heavy atom. The van der Waals surface area contributed by atoms with E-state index in [4.69, 9.17) is 14.4 Å². The van der Waals surface area contributed by atoms with Crippen LogP contribution in [-0.2, 0) is 5.41 Å². The number of furan rings is 1. The maximum Gasteiger partial charge on any atom is 0.161 e. The third-order valence-corrected chi connectivity index (χ3v) is 11.4. The van der Waals surface area contributed by atoms with E-state index >= 15 is 0 Å². The minimum Gasteiger partial charge on any atom is -0.455 e. The van der Waals surface area contributed by atoms with Gasteiger partial charge in [-0.25, -0.2) is 9.97 Å². The molecule has 0 saturated carbocycles. The second kappa shape index (κ2) is 12.9. The fourth-order valence-electron chi connectivity index (χ4n) is 8.94. The van der Waals surface area contributed by atoms with Crippen LogP contribution in [0.4, 0.5) is 0 Å². The summed E-state index contributed by atoms with van der Waals surface area (Å²) in [4.78, 5) is 10.6. The van der Waals surface area contributed by atoms with Crippen LogP contribution in [0.25, 0.3) is 78.1 Å². The summed E-state index contributed by atoms with van der Waals surface area (Å²) in [6.45, 7) is 0. The molecular weight excluding hydrogens is 681 g/mol. The molecule has 3 heteroatoms. The highest BCUT2D eigenvalue weighted by Crippen LogP contribution is 2.57. The van der Waals surface area contributed by atoms with Crippen molar-refractivity contribution in [2.75, 3.05) is 0 Å². The van der Waals surface area contributed by atoms with Gasteiger partial charge >= 0.3 is 0 Å². The molecule has 3 nitrogen and oxygen atoms in total. The Morgan fingerprint density at radius 1 is 0.375 bits per heavy atom. The Morgan fingerprint density at radius 2 is 0.911 bits per heavy atom. The van der Waals surface area contributed by atoms with Crippen LogP contribution in [0.1, 0.15) is 22.3 Å². The summed E-state index contributed by atoms with van der Waals surface area (Å²) in [5, 5.41) is 2.14. The summed E-state index contributed by atoms with van der Waals surface area (Å²) in [5.74, 6) is 0.642. The molecule has 0 saturated heterocycles. The second-order valence-electron chi connectivity index (χ2n) is 14.4. The first-order valence-electron chi connectivity index (χ1n) is 19.1. The van der Waals surface area contributed by atoms with Crippen molar-refractivity contribution in [1.82, 2.24) is 9.97 Å². The van der Waals surface area contributed by atoms with Crippen LogP contribution in [0.3, 0.4) is 0 Å². The van der Waals surface area contributed by atoms with Crippen LogP contribution in [0.15, 0.2) is 211 Å². The van der Waals surface area contributed by atoms with Gasteiger partial charge < -0.3 is 4.42 Å². The molecule has 0 N–H and O–H groups in total. The van der Waals surface area contributed by atoms with E-state index in [1.54, 1.807) is 0 Å². The van der Waals surface area contributed by atoms with Crippen LogP contribution in [0.5, 0.6) is 0 Å². The van der Waals surface area contributed by atoms with Crippen LogP contribution < -0.4 is 0 Å². The topological polar surface area (TPSA) is 38.9 Å². The number of benzene rings is 8. The van der Waals surface area contributed by atoms with E-state index in [0.29, 0.717) is 5.82 Å². The molecule has 0 amide bonds. The van der Waals surface area contributed by atoms with E-state index in [1.807, 2.05) is 24.3 Å². The lowest BCUT2D eigenvalue weighted by Crippen LogP contribution is -2.28. The van der Waals surface area contributed by atoms with Crippen LogP contribution in [-0.4, -0.2) is 9.97 Å². The molecule has 56 heavy (non-hydrogen) atoms. The maximum atomic E-state index is 6.88. The molecule has 10 aromatic rings. The van der Waals surface area contributed by atoms with E-state index in [-0.39, 0.29) is 0 Å². The van der Waals surface area contributed by atoms with E-state index < -0.39 is 5.41 Å². The molecule has 0 radical (unpaired) electrons. The molecule has 2 aromatic heterocycles. The van der Waals surface area contributed by atoms with Gasteiger partial charge in [-0.1, -0.05) is 176 Å². The monoisotopic (exact) mass is 714 g/mol. The zero-order valence-electron chi connectivity index (χ0n) is 30.4. The predicted octanol–water partition coefficient (Wildman–Crippen LogP) is 13.4. The zero-order valence-corrected chi connectivity index (χ0v) is 30.4. The molecule has 262 valence electrons. The first-order valence-corrected chi connectivity index (χ1v) is 19.1. The molecule has 0 atom stereocenters. The van der Waals surface area contributed by atoms with Gasteiger partial charge in [-0.05, 0) is 69.3 Å².